The number of benzene rings is 2. The molecule has 7 nitrogen and oxygen atoms in total. The summed E-state index contributed by atoms with van der Waals surface area (Å²) in [6.07, 6.45) is 0.390. The van der Waals surface area contributed by atoms with E-state index in [4.69, 9.17) is 21.1 Å². The number of carbonyl (C=O) groups excluding carboxylic acids is 1. The Morgan fingerprint density at radius 3 is 2.77 bits per heavy atom. The van der Waals surface area contributed by atoms with Gasteiger partial charge < -0.3 is 21.1 Å². The maximum absolute atomic E-state index is 12.4. The van der Waals surface area contributed by atoms with Gasteiger partial charge in [0, 0.05) is 24.2 Å². The smallest absolute Gasteiger partial charge is 0.241 e. The molecule has 1 aliphatic heterocycles. The van der Waals surface area contributed by atoms with Gasteiger partial charge in [-0.15, -0.1) is 0 Å². The summed E-state index contributed by atoms with van der Waals surface area (Å²) in [5.41, 5.74) is 7.28. The lowest BCUT2D eigenvalue weighted by molar-refractivity contribution is -0.117. The fourth-order valence-electron chi connectivity index (χ4n) is 2.78. The van der Waals surface area contributed by atoms with Gasteiger partial charge >= 0.3 is 0 Å². The number of nitrogens with zero attached hydrogens (tertiary/aromatic N) is 1. The first kappa shape index (κ1) is 17.5. The molecule has 2 atom stereocenters. The van der Waals surface area contributed by atoms with Crippen molar-refractivity contribution in [3.05, 3.63) is 59.7 Å². The Balaban J connectivity index is 1.56. The van der Waals surface area contributed by atoms with Gasteiger partial charge in [-0.25, -0.2) is 0 Å². The van der Waals surface area contributed by atoms with E-state index in [-0.39, 0.29) is 23.9 Å². The van der Waals surface area contributed by atoms with E-state index in [0.29, 0.717) is 35.5 Å². The first-order chi connectivity index (χ1) is 12.5. The van der Waals surface area contributed by atoms with Crippen LogP contribution in [0.4, 0.5) is 5.69 Å². The van der Waals surface area contributed by atoms with Gasteiger partial charge in [-0.3, -0.25) is 10.2 Å². The number of carbonyl (C=O) groups is 1. The number of ether oxygens (including phenoxy) is 1. The van der Waals surface area contributed by atoms with Crippen LogP contribution < -0.4 is 21.1 Å². The molecule has 5 N–H and O–H groups in total. The number of amidine groups is 1. The quantitative estimate of drug-likeness (QED) is 0.482. The van der Waals surface area contributed by atoms with Crippen molar-refractivity contribution < 1.29 is 9.53 Å². The summed E-state index contributed by atoms with van der Waals surface area (Å²) in [5, 5.41) is 22.3. The topological polar surface area (TPSA) is 124 Å². The van der Waals surface area contributed by atoms with Crippen LogP contribution in [0.3, 0.4) is 0 Å². The second-order valence-corrected chi connectivity index (χ2v) is 6.06. The van der Waals surface area contributed by atoms with Crippen molar-refractivity contribution in [2.24, 2.45) is 5.73 Å². The van der Waals surface area contributed by atoms with E-state index in [9.17, 15) is 4.79 Å². The minimum absolute atomic E-state index is 0.0142. The zero-order valence-corrected chi connectivity index (χ0v) is 14.0. The molecule has 2 aromatic rings. The van der Waals surface area contributed by atoms with E-state index < -0.39 is 0 Å². The van der Waals surface area contributed by atoms with Crippen LogP contribution in [0.15, 0.2) is 48.5 Å². The van der Waals surface area contributed by atoms with E-state index in [0.717, 1.165) is 0 Å². The molecule has 7 heteroatoms. The highest BCUT2D eigenvalue weighted by molar-refractivity contribution is 5.95. The van der Waals surface area contributed by atoms with Gasteiger partial charge in [0.25, 0.3) is 0 Å². The summed E-state index contributed by atoms with van der Waals surface area (Å²) < 4.78 is 5.90. The number of amides is 1. The zero-order chi connectivity index (χ0) is 18.5. The van der Waals surface area contributed by atoms with Crippen LogP contribution in [0.25, 0.3) is 0 Å². The number of anilines is 1. The van der Waals surface area contributed by atoms with Gasteiger partial charge in [0.2, 0.25) is 5.91 Å². The number of nitriles is 1. The van der Waals surface area contributed by atoms with E-state index in [1.165, 1.54) is 0 Å². The minimum atomic E-state index is -0.355. The third-order valence-electron chi connectivity index (χ3n) is 4.14. The summed E-state index contributed by atoms with van der Waals surface area (Å²) in [5.74, 6) is 0.468. The number of nitrogens with two attached hydrogens (primary N) is 1. The Kier molecular flexibility index (Phi) is 5.15. The summed E-state index contributed by atoms with van der Waals surface area (Å²) in [4.78, 5) is 12.4. The van der Waals surface area contributed by atoms with Crippen LogP contribution in [0.5, 0.6) is 5.75 Å². The van der Waals surface area contributed by atoms with Crippen LogP contribution in [0.2, 0.25) is 0 Å². The average molecular weight is 349 g/mol. The normalized spacial score (nSPS) is 18.7. The van der Waals surface area contributed by atoms with Crippen molar-refractivity contribution >= 4 is 17.4 Å². The lowest BCUT2D eigenvalue weighted by Crippen LogP contribution is -2.35. The highest BCUT2D eigenvalue weighted by Gasteiger charge is 2.30. The van der Waals surface area contributed by atoms with Crippen molar-refractivity contribution in [1.29, 1.82) is 10.7 Å². The molecule has 0 radical (unpaired) electrons. The molecule has 0 saturated carbocycles. The molecule has 1 fully saturated rings. The molecule has 0 spiro atoms. The van der Waals surface area contributed by atoms with Gasteiger partial charge in [-0.05, 0) is 36.4 Å². The number of hydrogen-bond acceptors (Lipinski definition) is 5. The SMILES string of the molecule is N#Cc1ccc(NC(=O)[C@@H]2C[C@@H](Oc3cccc(C(=N)N)c3)CN2)cc1. The van der Waals surface area contributed by atoms with E-state index >= 15 is 0 Å². The third-order valence-corrected chi connectivity index (χ3v) is 4.14. The molecule has 2 aromatic carbocycles. The summed E-state index contributed by atoms with van der Waals surface area (Å²) in [6, 6.07) is 15.4. The molecule has 3 rings (SSSR count). The van der Waals surface area contributed by atoms with Gasteiger partial charge in [-0.2, -0.15) is 5.26 Å². The highest BCUT2D eigenvalue weighted by Crippen LogP contribution is 2.19. The van der Waals surface area contributed by atoms with Crippen molar-refractivity contribution in [3.8, 4) is 11.8 Å². The molecule has 0 aliphatic carbocycles. The summed E-state index contributed by atoms with van der Waals surface area (Å²) >= 11 is 0. The molecule has 1 amide bonds. The Morgan fingerprint density at radius 1 is 1.31 bits per heavy atom. The lowest BCUT2D eigenvalue weighted by atomic mass is 10.1. The Morgan fingerprint density at radius 2 is 2.08 bits per heavy atom. The molecule has 0 unspecified atom stereocenters. The van der Waals surface area contributed by atoms with Gasteiger partial charge in [-0.1, -0.05) is 12.1 Å². The van der Waals surface area contributed by atoms with Crippen molar-refractivity contribution in [1.82, 2.24) is 5.32 Å². The van der Waals surface area contributed by atoms with E-state index in [1.807, 2.05) is 6.07 Å². The Hall–Kier alpha value is -3.37. The number of nitrogen functional groups attached to an aromatic ring is 1. The maximum atomic E-state index is 12.4. The largest absolute Gasteiger partial charge is 0.489 e. The van der Waals surface area contributed by atoms with Crippen molar-refractivity contribution in [2.45, 2.75) is 18.6 Å². The Bertz CT molecular complexity index is 857. The van der Waals surface area contributed by atoms with Gasteiger partial charge in [0.05, 0.1) is 17.7 Å². The monoisotopic (exact) mass is 349 g/mol. The molecule has 1 saturated heterocycles. The van der Waals surface area contributed by atoms with Crippen LogP contribution in [-0.2, 0) is 4.79 Å². The van der Waals surface area contributed by atoms with Crippen LogP contribution in [-0.4, -0.2) is 30.4 Å². The molecule has 1 aliphatic rings. The number of nitrogens with one attached hydrogen (secondary N) is 3. The molecule has 0 aromatic heterocycles. The van der Waals surface area contributed by atoms with Gasteiger partial charge in [0.15, 0.2) is 0 Å². The standard InChI is InChI=1S/C19H19N5O2/c20-10-12-4-6-14(7-5-12)24-19(25)17-9-16(11-23-17)26-15-3-1-2-13(8-15)18(21)22/h1-8,16-17,23H,9,11H2,(H3,21,22)(H,24,25)/t16-,17+/m1/s1. The van der Waals surface area contributed by atoms with Crippen molar-refractivity contribution in [3.63, 3.8) is 0 Å². The molecule has 0 bridgehead atoms. The lowest BCUT2D eigenvalue weighted by Gasteiger charge is -2.14. The van der Waals surface area contributed by atoms with Gasteiger partial charge in [0.1, 0.15) is 17.7 Å². The molecular weight excluding hydrogens is 330 g/mol. The first-order valence-electron chi connectivity index (χ1n) is 8.20. The van der Waals surface area contributed by atoms with E-state index in [1.54, 1.807) is 48.5 Å². The van der Waals surface area contributed by atoms with Crippen molar-refractivity contribution in [2.75, 3.05) is 11.9 Å². The fraction of sp³-hybridized carbons (Fsp3) is 0.211. The summed E-state index contributed by atoms with van der Waals surface area (Å²) in [7, 11) is 0. The fourth-order valence-corrected chi connectivity index (χ4v) is 2.78. The number of rotatable bonds is 5. The zero-order valence-electron chi connectivity index (χ0n) is 14.0. The second-order valence-electron chi connectivity index (χ2n) is 6.06. The van der Waals surface area contributed by atoms with E-state index in [2.05, 4.69) is 10.6 Å². The van der Waals surface area contributed by atoms with Crippen LogP contribution >= 0.6 is 0 Å². The molecule has 26 heavy (non-hydrogen) atoms. The average Bonchev–Trinajstić information content (AvgIpc) is 3.11. The minimum Gasteiger partial charge on any atom is -0.489 e. The molecule has 1 heterocycles. The predicted molar refractivity (Wildman–Crippen MR) is 98.1 cm³/mol. The highest BCUT2D eigenvalue weighted by atomic mass is 16.5. The Labute approximate surface area is 151 Å². The van der Waals surface area contributed by atoms with Crippen LogP contribution in [0.1, 0.15) is 17.5 Å². The maximum Gasteiger partial charge on any atom is 0.241 e. The molecular formula is C19H19N5O2. The second kappa shape index (κ2) is 7.68. The predicted octanol–water partition coefficient (Wildman–Crippen LogP) is 1.59. The van der Waals surface area contributed by atoms with Crippen LogP contribution in [0, 0.1) is 16.7 Å². The number of hydrogen-bond donors (Lipinski definition) is 4. The summed E-state index contributed by atoms with van der Waals surface area (Å²) in [6.45, 7) is 0.551. The third kappa shape index (κ3) is 4.18. The first-order valence-corrected chi connectivity index (χ1v) is 8.20. The molecule has 132 valence electrons.